The van der Waals surface area contributed by atoms with E-state index in [0.29, 0.717) is 6.61 Å². The summed E-state index contributed by atoms with van der Waals surface area (Å²) in [5, 5.41) is 3.43. The van der Waals surface area contributed by atoms with Crippen molar-refractivity contribution in [2.45, 2.75) is 77.4 Å². The summed E-state index contributed by atoms with van der Waals surface area (Å²) in [6.45, 7) is 12.5. The predicted molar refractivity (Wildman–Crippen MR) is 88.4 cm³/mol. The highest BCUT2D eigenvalue weighted by molar-refractivity contribution is 5.68. The van der Waals surface area contributed by atoms with Crippen LogP contribution in [0.3, 0.4) is 0 Å². The van der Waals surface area contributed by atoms with Crippen molar-refractivity contribution < 1.29 is 19.0 Å². The van der Waals surface area contributed by atoms with E-state index in [-0.39, 0.29) is 18.2 Å². The number of hydrogen-bond donors (Lipinski definition) is 1. The van der Waals surface area contributed by atoms with E-state index in [0.717, 1.165) is 38.9 Å². The number of carbonyl (C=O) groups excluding carboxylic acids is 1. The van der Waals surface area contributed by atoms with Crippen LogP contribution in [-0.4, -0.2) is 60.8 Å². The lowest BCUT2D eigenvalue weighted by molar-refractivity contribution is -0.137. The molecule has 1 amide bonds. The third-order valence-corrected chi connectivity index (χ3v) is 4.07. The highest BCUT2D eigenvalue weighted by Gasteiger charge is 2.33. The third-order valence-electron chi connectivity index (χ3n) is 4.07. The Morgan fingerprint density at radius 3 is 2.65 bits per heavy atom. The molecule has 0 aromatic rings. The number of amides is 1. The molecular formula is C17H32N2O4. The zero-order valence-electron chi connectivity index (χ0n) is 15.2. The molecule has 23 heavy (non-hydrogen) atoms. The number of nitrogens with one attached hydrogen (secondary N) is 1. The van der Waals surface area contributed by atoms with Crippen molar-refractivity contribution in [1.29, 1.82) is 0 Å². The second-order valence-corrected chi connectivity index (χ2v) is 7.93. The molecule has 1 N–H and O–H groups in total. The van der Waals surface area contributed by atoms with E-state index in [2.05, 4.69) is 5.32 Å². The van der Waals surface area contributed by atoms with Crippen molar-refractivity contribution in [3.8, 4) is 0 Å². The molecule has 0 spiro atoms. The fraction of sp³-hybridized carbons (Fsp3) is 0.941. The number of piperidine rings is 1. The van der Waals surface area contributed by atoms with Gasteiger partial charge in [-0.3, -0.25) is 0 Å². The minimum atomic E-state index is -0.486. The quantitative estimate of drug-likeness (QED) is 0.859. The van der Waals surface area contributed by atoms with Crippen LogP contribution in [0.15, 0.2) is 0 Å². The molecule has 0 radical (unpaired) electrons. The van der Waals surface area contributed by atoms with E-state index in [4.69, 9.17) is 14.2 Å². The van der Waals surface area contributed by atoms with Crippen molar-refractivity contribution in [1.82, 2.24) is 10.2 Å². The second kappa shape index (κ2) is 7.36. The van der Waals surface area contributed by atoms with E-state index < -0.39 is 11.4 Å². The zero-order chi connectivity index (χ0) is 17.1. The average molecular weight is 328 g/mol. The summed E-state index contributed by atoms with van der Waals surface area (Å²) in [7, 11) is 0. The largest absolute Gasteiger partial charge is 0.444 e. The molecule has 0 bridgehead atoms. The summed E-state index contributed by atoms with van der Waals surface area (Å²) >= 11 is 0. The molecule has 0 aromatic heterocycles. The van der Waals surface area contributed by atoms with Gasteiger partial charge in [0.15, 0.2) is 5.79 Å². The van der Waals surface area contributed by atoms with Crippen LogP contribution in [0, 0.1) is 0 Å². The zero-order valence-corrected chi connectivity index (χ0v) is 15.2. The molecular weight excluding hydrogens is 296 g/mol. The van der Waals surface area contributed by atoms with Crippen LogP contribution in [0.5, 0.6) is 0 Å². The Hall–Kier alpha value is -0.850. The highest BCUT2D eigenvalue weighted by Crippen LogP contribution is 2.22. The maximum absolute atomic E-state index is 12.4. The number of hydrogen-bond acceptors (Lipinski definition) is 5. The first-order valence-corrected chi connectivity index (χ1v) is 8.68. The van der Waals surface area contributed by atoms with Crippen molar-refractivity contribution >= 4 is 6.09 Å². The van der Waals surface area contributed by atoms with Crippen LogP contribution in [0.2, 0.25) is 0 Å². The van der Waals surface area contributed by atoms with Crippen molar-refractivity contribution in [2.75, 3.05) is 26.2 Å². The molecule has 0 aliphatic carbocycles. The molecule has 2 rings (SSSR count). The van der Waals surface area contributed by atoms with Gasteiger partial charge in [0.2, 0.25) is 0 Å². The van der Waals surface area contributed by atoms with Gasteiger partial charge >= 0.3 is 6.09 Å². The average Bonchev–Trinajstić information content (AvgIpc) is 2.77. The molecule has 6 nitrogen and oxygen atoms in total. The molecule has 2 atom stereocenters. The van der Waals surface area contributed by atoms with Gasteiger partial charge in [-0.15, -0.1) is 0 Å². The lowest BCUT2D eigenvalue weighted by atomic mass is 10.0. The summed E-state index contributed by atoms with van der Waals surface area (Å²) in [5.41, 5.74) is -0.451. The highest BCUT2D eigenvalue weighted by atomic mass is 16.7. The number of rotatable bonds is 4. The van der Waals surface area contributed by atoms with Gasteiger partial charge in [0.1, 0.15) is 5.60 Å². The molecule has 134 valence electrons. The molecule has 2 heterocycles. The topological polar surface area (TPSA) is 60.0 Å². The summed E-state index contributed by atoms with van der Waals surface area (Å²) in [6, 6.07) is 0.189. The van der Waals surface area contributed by atoms with Gasteiger partial charge < -0.3 is 24.4 Å². The van der Waals surface area contributed by atoms with E-state index in [1.165, 1.54) is 0 Å². The van der Waals surface area contributed by atoms with Gasteiger partial charge in [0.05, 0.1) is 12.7 Å². The number of likely N-dealkylation sites (tertiary alicyclic amines) is 1. The molecule has 2 aliphatic rings. The summed E-state index contributed by atoms with van der Waals surface area (Å²) in [5.74, 6) is -0.486. The molecule has 0 aromatic carbocycles. The fourth-order valence-corrected chi connectivity index (χ4v) is 3.05. The van der Waals surface area contributed by atoms with Crippen LogP contribution in [-0.2, 0) is 14.2 Å². The van der Waals surface area contributed by atoms with E-state index in [1.54, 1.807) is 0 Å². The smallest absolute Gasteiger partial charge is 0.410 e. The first kappa shape index (κ1) is 18.5. The SMILES string of the molecule is CC(C)(C)OC(=O)N1CCCCC1CNCC1COC(C)(C)O1. The Labute approximate surface area is 139 Å². The Balaban J connectivity index is 1.78. The Morgan fingerprint density at radius 2 is 2.04 bits per heavy atom. The number of carbonyl (C=O) groups is 1. The van der Waals surface area contributed by atoms with Gasteiger partial charge in [-0.2, -0.15) is 0 Å². The molecule has 2 fully saturated rings. The number of nitrogens with zero attached hydrogens (tertiary/aromatic N) is 1. The van der Waals surface area contributed by atoms with Gasteiger partial charge in [0, 0.05) is 25.7 Å². The lowest BCUT2D eigenvalue weighted by Gasteiger charge is -2.37. The van der Waals surface area contributed by atoms with Crippen molar-refractivity contribution in [2.24, 2.45) is 0 Å². The van der Waals surface area contributed by atoms with Crippen LogP contribution in [0.4, 0.5) is 4.79 Å². The molecule has 2 unspecified atom stereocenters. The van der Waals surface area contributed by atoms with Gasteiger partial charge in [-0.1, -0.05) is 0 Å². The minimum absolute atomic E-state index is 0.0727. The molecule has 6 heteroatoms. The maximum atomic E-state index is 12.4. The molecule has 2 saturated heterocycles. The van der Waals surface area contributed by atoms with E-state index in [9.17, 15) is 4.79 Å². The Bertz CT molecular complexity index is 406. The molecule has 0 saturated carbocycles. The summed E-state index contributed by atoms with van der Waals surface area (Å²) in [6.07, 6.45) is 3.08. The van der Waals surface area contributed by atoms with Crippen molar-refractivity contribution in [3.63, 3.8) is 0 Å². The summed E-state index contributed by atoms with van der Waals surface area (Å²) < 4.78 is 16.9. The predicted octanol–water partition coefficient (Wildman–Crippen LogP) is 2.52. The van der Waals surface area contributed by atoms with E-state index >= 15 is 0 Å². The van der Waals surface area contributed by atoms with Crippen LogP contribution in [0.25, 0.3) is 0 Å². The first-order chi connectivity index (χ1) is 10.7. The van der Waals surface area contributed by atoms with Crippen molar-refractivity contribution in [3.05, 3.63) is 0 Å². The monoisotopic (exact) mass is 328 g/mol. The Kier molecular flexibility index (Phi) is 5.92. The standard InChI is InChI=1S/C17H32N2O4/c1-16(2,3)23-15(20)19-9-7-6-8-13(19)10-18-11-14-12-21-17(4,5)22-14/h13-14,18H,6-12H2,1-5H3. The maximum Gasteiger partial charge on any atom is 0.410 e. The van der Waals surface area contributed by atoms with Gasteiger partial charge in [-0.05, 0) is 53.9 Å². The molecule has 2 aliphatic heterocycles. The summed E-state index contributed by atoms with van der Waals surface area (Å²) in [4.78, 5) is 14.2. The van der Waals surface area contributed by atoms with E-state index in [1.807, 2.05) is 39.5 Å². The normalized spacial score (nSPS) is 28.0. The van der Waals surface area contributed by atoms with Crippen LogP contribution in [0.1, 0.15) is 53.9 Å². The Morgan fingerprint density at radius 1 is 1.30 bits per heavy atom. The lowest BCUT2D eigenvalue weighted by Crippen LogP contribution is -2.50. The second-order valence-electron chi connectivity index (χ2n) is 7.93. The van der Waals surface area contributed by atoms with Gasteiger partial charge in [0.25, 0.3) is 0 Å². The van der Waals surface area contributed by atoms with Crippen LogP contribution >= 0.6 is 0 Å². The van der Waals surface area contributed by atoms with Gasteiger partial charge in [-0.25, -0.2) is 4.79 Å². The fourth-order valence-electron chi connectivity index (χ4n) is 3.05. The third kappa shape index (κ3) is 5.94. The first-order valence-electron chi connectivity index (χ1n) is 8.68. The number of ether oxygens (including phenoxy) is 3. The van der Waals surface area contributed by atoms with Crippen LogP contribution < -0.4 is 5.32 Å². The minimum Gasteiger partial charge on any atom is -0.444 e.